The quantitative estimate of drug-likeness (QED) is 0.597. The fourth-order valence-electron chi connectivity index (χ4n) is 1.74. The molecule has 17 heavy (non-hydrogen) atoms. The smallest absolute Gasteiger partial charge is 0.293 e. The molecule has 0 fully saturated rings. The van der Waals surface area contributed by atoms with E-state index in [1.165, 1.54) is 6.07 Å². The lowest BCUT2D eigenvalue weighted by molar-refractivity contribution is -0.384. The summed E-state index contributed by atoms with van der Waals surface area (Å²) in [7, 11) is 0. The average molecular weight is 228 g/mol. The first-order chi connectivity index (χ1) is 8.24. The molecular weight excluding hydrogens is 216 g/mol. The molecule has 4 nitrogen and oxygen atoms in total. The largest absolute Gasteiger partial charge is 0.311 e. The summed E-state index contributed by atoms with van der Waals surface area (Å²) in [4.78, 5) is 10.6. The molecular formula is C13H12N2O2. The highest BCUT2D eigenvalue weighted by Crippen LogP contribution is 2.24. The molecule has 0 unspecified atom stereocenters. The highest BCUT2D eigenvalue weighted by atomic mass is 16.6. The maximum atomic E-state index is 11.0. The first-order valence-corrected chi connectivity index (χ1v) is 5.28. The second-order valence-corrected chi connectivity index (χ2v) is 3.55. The van der Waals surface area contributed by atoms with Gasteiger partial charge in [0.05, 0.1) is 4.92 Å². The van der Waals surface area contributed by atoms with Crippen molar-refractivity contribution in [2.75, 3.05) is 0 Å². The zero-order valence-corrected chi connectivity index (χ0v) is 9.41. The van der Waals surface area contributed by atoms with Crippen molar-refractivity contribution in [1.29, 1.82) is 0 Å². The topological polar surface area (TPSA) is 48.1 Å². The Labute approximate surface area is 99.0 Å². The van der Waals surface area contributed by atoms with E-state index in [2.05, 4.69) is 0 Å². The number of allylic oxidation sites excluding steroid dienone is 1. The minimum absolute atomic E-state index is 0.106. The van der Waals surface area contributed by atoms with Gasteiger partial charge in [-0.25, -0.2) is 0 Å². The molecule has 1 aromatic heterocycles. The van der Waals surface area contributed by atoms with Gasteiger partial charge in [0.25, 0.3) is 5.69 Å². The van der Waals surface area contributed by atoms with Crippen LogP contribution in [-0.2, 0) is 0 Å². The Hall–Kier alpha value is -2.36. The fraction of sp³-hybridized carbons (Fsp3) is 0.0769. The van der Waals surface area contributed by atoms with Crippen molar-refractivity contribution in [3.05, 3.63) is 64.5 Å². The number of nitrogens with zero attached hydrogens (tertiary/aromatic N) is 2. The van der Waals surface area contributed by atoms with Crippen LogP contribution in [0.15, 0.2) is 48.7 Å². The number of hydrogen-bond acceptors (Lipinski definition) is 2. The molecule has 0 spiro atoms. The minimum Gasteiger partial charge on any atom is -0.311 e. The predicted molar refractivity (Wildman–Crippen MR) is 67.1 cm³/mol. The molecule has 4 heteroatoms. The lowest BCUT2D eigenvalue weighted by atomic mass is 10.2. The highest BCUT2D eigenvalue weighted by Gasteiger charge is 2.14. The summed E-state index contributed by atoms with van der Waals surface area (Å²) in [6.45, 7) is 1.91. The molecule has 0 radical (unpaired) electrons. The van der Waals surface area contributed by atoms with Crippen LogP contribution in [0.25, 0.3) is 11.8 Å². The van der Waals surface area contributed by atoms with Gasteiger partial charge in [-0.05, 0) is 31.2 Å². The molecule has 0 aliphatic rings. The third-order valence-electron chi connectivity index (χ3n) is 2.46. The van der Waals surface area contributed by atoms with E-state index in [-0.39, 0.29) is 10.6 Å². The predicted octanol–water partition coefficient (Wildman–Crippen LogP) is 3.42. The minimum atomic E-state index is -0.366. The van der Waals surface area contributed by atoms with E-state index >= 15 is 0 Å². The molecule has 0 N–H and O–H groups in total. The summed E-state index contributed by atoms with van der Waals surface area (Å²) < 4.78 is 1.80. The number of aromatic nitrogens is 1. The summed E-state index contributed by atoms with van der Waals surface area (Å²) in [5, 5.41) is 11.0. The van der Waals surface area contributed by atoms with Gasteiger partial charge in [-0.3, -0.25) is 10.1 Å². The Morgan fingerprint density at radius 3 is 2.71 bits per heavy atom. The zero-order chi connectivity index (χ0) is 12.3. The Kier molecular flexibility index (Phi) is 3.05. The van der Waals surface area contributed by atoms with E-state index in [1.54, 1.807) is 22.8 Å². The molecule has 0 atom stereocenters. The molecule has 86 valence electrons. The maximum absolute atomic E-state index is 11.0. The van der Waals surface area contributed by atoms with E-state index in [9.17, 15) is 10.1 Å². The lowest BCUT2D eigenvalue weighted by Crippen LogP contribution is -2.00. The van der Waals surface area contributed by atoms with Crippen LogP contribution in [0, 0.1) is 10.1 Å². The van der Waals surface area contributed by atoms with Crippen molar-refractivity contribution < 1.29 is 4.92 Å². The van der Waals surface area contributed by atoms with Gasteiger partial charge in [0, 0.05) is 18.0 Å². The molecule has 2 aromatic rings. The van der Waals surface area contributed by atoms with Gasteiger partial charge in [-0.2, -0.15) is 0 Å². The molecule has 0 saturated heterocycles. The number of para-hydroxylation sites is 2. The molecule has 0 aliphatic heterocycles. The highest BCUT2D eigenvalue weighted by molar-refractivity contribution is 5.57. The van der Waals surface area contributed by atoms with Crippen LogP contribution in [-0.4, -0.2) is 9.49 Å². The van der Waals surface area contributed by atoms with Crippen molar-refractivity contribution in [3.8, 4) is 5.69 Å². The van der Waals surface area contributed by atoms with Gasteiger partial charge in [0.2, 0.25) is 0 Å². The van der Waals surface area contributed by atoms with E-state index in [4.69, 9.17) is 0 Å². The number of hydrogen-bond donors (Lipinski definition) is 0. The summed E-state index contributed by atoms with van der Waals surface area (Å²) in [6.07, 6.45) is 5.63. The van der Waals surface area contributed by atoms with Crippen LogP contribution >= 0.6 is 0 Å². The molecule has 0 aliphatic carbocycles. The second-order valence-electron chi connectivity index (χ2n) is 3.55. The van der Waals surface area contributed by atoms with Crippen molar-refractivity contribution >= 4 is 11.8 Å². The molecule has 0 amide bonds. The van der Waals surface area contributed by atoms with Gasteiger partial charge in [-0.15, -0.1) is 0 Å². The van der Waals surface area contributed by atoms with E-state index in [0.29, 0.717) is 5.69 Å². The van der Waals surface area contributed by atoms with E-state index in [1.807, 2.05) is 37.4 Å². The molecule has 0 bridgehead atoms. The van der Waals surface area contributed by atoms with Crippen molar-refractivity contribution in [1.82, 2.24) is 4.57 Å². The Morgan fingerprint density at radius 1 is 1.24 bits per heavy atom. The monoisotopic (exact) mass is 228 g/mol. The third-order valence-corrected chi connectivity index (χ3v) is 2.46. The van der Waals surface area contributed by atoms with Crippen LogP contribution in [0.5, 0.6) is 0 Å². The van der Waals surface area contributed by atoms with Crippen LogP contribution in [0.2, 0.25) is 0 Å². The van der Waals surface area contributed by atoms with Gasteiger partial charge >= 0.3 is 0 Å². The number of rotatable bonds is 3. The number of nitro groups is 1. The van der Waals surface area contributed by atoms with Crippen molar-refractivity contribution in [3.63, 3.8) is 0 Å². The van der Waals surface area contributed by atoms with Gasteiger partial charge in [0.15, 0.2) is 0 Å². The van der Waals surface area contributed by atoms with E-state index < -0.39 is 0 Å². The van der Waals surface area contributed by atoms with Crippen LogP contribution < -0.4 is 0 Å². The van der Waals surface area contributed by atoms with Crippen molar-refractivity contribution in [2.45, 2.75) is 6.92 Å². The Morgan fingerprint density at radius 2 is 2.00 bits per heavy atom. The fourth-order valence-corrected chi connectivity index (χ4v) is 1.74. The van der Waals surface area contributed by atoms with Crippen molar-refractivity contribution in [2.24, 2.45) is 0 Å². The molecule has 0 saturated carbocycles. The maximum Gasteiger partial charge on any atom is 0.293 e. The summed E-state index contributed by atoms with van der Waals surface area (Å²) in [6, 6.07) is 10.5. The lowest BCUT2D eigenvalue weighted by Gasteiger charge is -2.06. The van der Waals surface area contributed by atoms with Gasteiger partial charge in [0.1, 0.15) is 5.69 Å². The summed E-state index contributed by atoms with van der Waals surface area (Å²) in [5.74, 6) is 0. The zero-order valence-electron chi connectivity index (χ0n) is 9.41. The Balaban J connectivity index is 2.60. The first-order valence-electron chi connectivity index (χ1n) is 5.28. The van der Waals surface area contributed by atoms with Gasteiger partial charge in [-0.1, -0.05) is 18.2 Å². The van der Waals surface area contributed by atoms with Crippen LogP contribution in [0.4, 0.5) is 5.69 Å². The number of nitro benzene ring substituents is 1. The molecule has 1 heterocycles. The summed E-state index contributed by atoms with van der Waals surface area (Å²) in [5.41, 5.74) is 1.60. The molecule has 2 rings (SSSR count). The van der Waals surface area contributed by atoms with Crippen LogP contribution in [0.1, 0.15) is 12.6 Å². The molecule has 1 aromatic carbocycles. The SMILES string of the molecule is C/C=C\c1cccn1-c1ccccc1[N+](=O)[O-]. The van der Waals surface area contributed by atoms with Gasteiger partial charge < -0.3 is 4.57 Å². The Bertz CT molecular complexity index is 570. The third kappa shape index (κ3) is 2.10. The average Bonchev–Trinajstić information content (AvgIpc) is 2.77. The second kappa shape index (κ2) is 4.65. The van der Waals surface area contributed by atoms with Crippen LogP contribution in [0.3, 0.4) is 0 Å². The summed E-state index contributed by atoms with van der Waals surface area (Å²) >= 11 is 0. The van der Waals surface area contributed by atoms with E-state index in [0.717, 1.165) is 5.69 Å². The standard InChI is InChI=1S/C13H12N2O2/c1-2-6-11-7-5-10-14(11)12-8-3-4-9-13(12)15(16)17/h2-10H,1H3/b6-2-. The normalized spacial score (nSPS) is 10.9. The first kappa shape index (κ1) is 11.1. The number of benzene rings is 1.